The van der Waals surface area contributed by atoms with Gasteiger partial charge in [-0.1, -0.05) is 36.8 Å². The molecule has 1 aromatic carbocycles. The summed E-state index contributed by atoms with van der Waals surface area (Å²) in [5.74, 6) is -2.80. The second-order valence-corrected chi connectivity index (χ2v) is 14.0. The van der Waals surface area contributed by atoms with Gasteiger partial charge in [0.2, 0.25) is 0 Å². The minimum absolute atomic E-state index is 0.105. The van der Waals surface area contributed by atoms with Crippen LogP contribution in [0, 0.1) is 22.2 Å². The fourth-order valence-electron chi connectivity index (χ4n) is 9.70. The molecular weight excluding hydrogens is 580 g/mol. The topological polar surface area (TPSA) is 146 Å². The molecule has 10 nitrogen and oxygen atoms in total. The Labute approximate surface area is 262 Å². The number of carbonyl (C=O) groups is 4. The number of aliphatic hydroxyl groups excluding tert-OH is 1. The molecule has 1 spiro atoms. The smallest absolute Gasteiger partial charge is 0.338 e. The highest BCUT2D eigenvalue weighted by atomic mass is 16.6. The van der Waals surface area contributed by atoms with Crippen LogP contribution in [-0.2, 0) is 33.3 Å². The molecule has 10 heteroatoms. The summed E-state index contributed by atoms with van der Waals surface area (Å²) in [5.41, 5.74) is -3.92. The largest absolute Gasteiger partial charge is 0.458 e. The molecule has 10 atom stereocenters. The van der Waals surface area contributed by atoms with Crippen molar-refractivity contribution in [2.45, 2.75) is 103 Å². The third-order valence-corrected chi connectivity index (χ3v) is 11.7. The predicted octanol–water partition coefficient (Wildman–Crippen LogP) is 3.63. The van der Waals surface area contributed by atoms with E-state index >= 15 is 0 Å². The molecule has 5 aliphatic rings. The summed E-state index contributed by atoms with van der Waals surface area (Å²) in [6.45, 7) is 10.5. The Morgan fingerprint density at radius 2 is 1.76 bits per heavy atom. The van der Waals surface area contributed by atoms with Gasteiger partial charge in [-0.2, -0.15) is 0 Å². The molecule has 45 heavy (non-hydrogen) atoms. The summed E-state index contributed by atoms with van der Waals surface area (Å²) in [6, 6.07) is 8.36. The Hall–Kier alpha value is -3.34. The maximum absolute atomic E-state index is 14.8. The van der Waals surface area contributed by atoms with E-state index in [1.165, 1.54) is 6.92 Å². The summed E-state index contributed by atoms with van der Waals surface area (Å²) < 4.78 is 23.9. The zero-order chi connectivity index (χ0) is 32.7. The number of aliphatic hydroxyl groups is 2. The summed E-state index contributed by atoms with van der Waals surface area (Å²) in [6.07, 6.45) is -2.83. The zero-order valence-electron chi connectivity index (χ0n) is 26.6. The lowest BCUT2D eigenvalue weighted by atomic mass is 9.21. The highest BCUT2D eigenvalue weighted by Gasteiger charge is 2.94. The highest BCUT2D eigenvalue weighted by Crippen LogP contribution is 2.84. The van der Waals surface area contributed by atoms with Crippen LogP contribution < -0.4 is 0 Å². The minimum atomic E-state index is -1.85. The van der Waals surface area contributed by atoms with Crippen molar-refractivity contribution in [1.82, 2.24) is 0 Å². The Morgan fingerprint density at radius 1 is 1.07 bits per heavy atom. The second kappa shape index (κ2) is 10.6. The maximum atomic E-state index is 14.8. The number of hydrogen-bond acceptors (Lipinski definition) is 10. The van der Waals surface area contributed by atoms with Gasteiger partial charge in [-0.25, -0.2) is 4.79 Å². The van der Waals surface area contributed by atoms with E-state index in [4.69, 9.17) is 18.9 Å². The summed E-state index contributed by atoms with van der Waals surface area (Å²) in [5, 5.41) is 24.7. The van der Waals surface area contributed by atoms with Crippen molar-refractivity contribution in [3.05, 3.63) is 58.7 Å². The van der Waals surface area contributed by atoms with Crippen LogP contribution in [0.3, 0.4) is 0 Å². The first-order valence-electron chi connectivity index (χ1n) is 15.7. The second-order valence-electron chi connectivity index (χ2n) is 14.0. The van der Waals surface area contributed by atoms with Gasteiger partial charge in [0, 0.05) is 42.9 Å². The first kappa shape index (κ1) is 31.6. The molecule has 242 valence electrons. The Balaban J connectivity index is 1.54. The average molecular weight is 623 g/mol. The quantitative estimate of drug-likeness (QED) is 0.263. The molecule has 1 saturated heterocycles. The molecular formula is C35H42O10. The van der Waals surface area contributed by atoms with Gasteiger partial charge < -0.3 is 29.2 Å². The number of carbonyl (C=O) groups excluding carboxylic acids is 4. The fourth-order valence-corrected chi connectivity index (χ4v) is 9.70. The summed E-state index contributed by atoms with van der Waals surface area (Å²) >= 11 is 0. The molecule has 1 heterocycles. The molecule has 4 aliphatic carbocycles. The van der Waals surface area contributed by atoms with Crippen LogP contribution in [0.2, 0.25) is 0 Å². The molecule has 2 N–H and O–H groups in total. The number of ketones is 1. The Morgan fingerprint density at radius 3 is 2.36 bits per heavy atom. The van der Waals surface area contributed by atoms with Crippen LogP contribution in [0.5, 0.6) is 0 Å². The molecule has 0 radical (unpaired) electrons. The minimum Gasteiger partial charge on any atom is -0.458 e. The van der Waals surface area contributed by atoms with E-state index in [1.54, 1.807) is 51.1 Å². The van der Waals surface area contributed by atoms with E-state index in [-0.39, 0.29) is 37.4 Å². The predicted molar refractivity (Wildman–Crippen MR) is 160 cm³/mol. The van der Waals surface area contributed by atoms with Gasteiger partial charge in [0.25, 0.3) is 0 Å². The van der Waals surface area contributed by atoms with Gasteiger partial charge in [0.05, 0.1) is 29.8 Å². The molecule has 1 aromatic rings. The summed E-state index contributed by atoms with van der Waals surface area (Å²) in [4.78, 5) is 54.0. The Kier molecular flexibility index (Phi) is 7.45. The Bertz CT molecular complexity index is 1510. The first-order chi connectivity index (χ1) is 21.2. The number of fused-ring (bicyclic) bond motifs is 1. The van der Waals surface area contributed by atoms with Crippen LogP contribution in [0.4, 0.5) is 0 Å². The molecule has 6 rings (SSSR count). The van der Waals surface area contributed by atoms with Gasteiger partial charge in [-0.3, -0.25) is 14.4 Å². The normalized spacial score (nSPS) is 40.8. The van der Waals surface area contributed by atoms with Crippen molar-refractivity contribution >= 4 is 23.7 Å². The van der Waals surface area contributed by atoms with Crippen LogP contribution in [0.25, 0.3) is 0 Å². The molecule has 0 aromatic heterocycles. The van der Waals surface area contributed by atoms with Crippen LogP contribution in [0.15, 0.2) is 53.1 Å². The first-order valence-corrected chi connectivity index (χ1v) is 15.7. The standard InChI is InChI=1S/C35H42O10/c1-18(2)11-10-14-26(38)44-24-16-34(41)31(45-30(40)21-12-8-7-9-13-21)35-22-17-42-23(22)15-25(37)32(35,5)29(39)28(43-20(4)36)27(19(24)3)33(34,35)6/h7-9,11-13,22-25,28,31,37,41H,10,14-17H2,1-6H3/t22?,23?,24-,25?,28?,31+,32?,33-,34?,35?/m0/s1. The third-order valence-electron chi connectivity index (χ3n) is 11.7. The van der Waals surface area contributed by atoms with E-state index < -0.39 is 76.1 Å². The number of esters is 3. The zero-order valence-corrected chi connectivity index (χ0v) is 26.6. The van der Waals surface area contributed by atoms with Crippen molar-refractivity contribution < 1.29 is 48.3 Å². The SMILES string of the molecule is CC(=O)OC1C(=O)C2(C)C(O)CC3OCC3C23[C@H](OC(=O)c2ccccc2)C2(O)C[C@H](OC(=O)CCC=C(C)C)C(C)=C1[C@@]23C. The third kappa shape index (κ3) is 3.97. The van der Waals surface area contributed by atoms with Gasteiger partial charge in [-0.15, -0.1) is 0 Å². The van der Waals surface area contributed by atoms with Crippen LogP contribution >= 0.6 is 0 Å². The number of allylic oxidation sites excluding steroid dienone is 2. The van der Waals surface area contributed by atoms with E-state index in [9.17, 15) is 29.4 Å². The number of Topliss-reactive ketones (excluding diaryl/α,β-unsaturated/α-hetero) is 1. The monoisotopic (exact) mass is 622 g/mol. The van der Waals surface area contributed by atoms with Crippen molar-refractivity contribution in [3.8, 4) is 0 Å². The molecule has 4 fully saturated rings. The lowest BCUT2D eigenvalue weighted by molar-refractivity contribution is -0.431. The van der Waals surface area contributed by atoms with E-state index in [0.29, 0.717) is 17.6 Å². The van der Waals surface area contributed by atoms with Crippen molar-refractivity contribution in [2.75, 3.05) is 6.61 Å². The number of benzene rings is 1. The summed E-state index contributed by atoms with van der Waals surface area (Å²) in [7, 11) is 0. The van der Waals surface area contributed by atoms with E-state index in [1.807, 2.05) is 19.9 Å². The van der Waals surface area contributed by atoms with Gasteiger partial charge >= 0.3 is 17.9 Å². The highest BCUT2D eigenvalue weighted by molar-refractivity contribution is 5.98. The van der Waals surface area contributed by atoms with Gasteiger partial charge in [0.15, 0.2) is 11.9 Å². The number of ether oxygens (including phenoxy) is 4. The van der Waals surface area contributed by atoms with Gasteiger partial charge in [-0.05, 0) is 57.4 Å². The molecule has 0 bridgehead atoms. The fraction of sp³-hybridized carbons (Fsp3) is 0.600. The van der Waals surface area contributed by atoms with E-state index in [2.05, 4.69) is 0 Å². The lowest BCUT2D eigenvalue weighted by Crippen LogP contribution is -2.95. The van der Waals surface area contributed by atoms with E-state index in [0.717, 1.165) is 5.57 Å². The molecule has 1 aliphatic heterocycles. The molecule has 7 unspecified atom stereocenters. The maximum Gasteiger partial charge on any atom is 0.338 e. The molecule has 3 saturated carbocycles. The van der Waals surface area contributed by atoms with Crippen molar-refractivity contribution in [2.24, 2.45) is 22.2 Å². The number of hydrogen-bond donors (Lipinski definition) is 2. The molecule has 0 amide bonds. The number of rotatable bonds is 7. The van der Waals surface area contributed by atoms with Gasteiger partial charge in [0.1, 0.15) is 17.8 Å². The van der Waals surface area contributed by atoms with Crippen molar-refractivity contribution in [3.63, 3.8) is 0 Å². The van der Waals surface area contributed by atoms with Crippen molar-refractivity contribution in [1.29, 1.82) is 0 Å². The average Bonchev–Trinajstić information content (AvgIpc) is 2.97. The van der Waals surface area contributed by atoms with Crippen LogP contribution in [0.1, 0.15) is 77.6 Å². The lowest BCUT2D eigenvalue weighted by Gasteiger charge is -2.84. The van der Waals surface area contributed by atoms with Crippen LogP contribution in [-0.4, -0.2) is 76.6 Å².